The molecule has 0 spiro atoms. The van der Waals surface area contributed by atoms with Gasteiger partial charge in [0.15, 0.2) is 0 Å². The summed E-state index contributed by atoms with van der Waals surface area (Å²) in [6.07, 6.45) is 1.18. The molecule has 2 heterocycles. The molecule has 3 aromatic rings. The van der Waals surface area contributed by atoms with Crippen molar-refractivity contribution < 1.29 is 22.3 Å². The fourth-order valence-electron chi connectivity index (χ4n) is 4.11. The summed E-state index contributed by atoms with van der Waals surface area (Å²) >= 11 is 13.9. The van der Waals surface area contributed by atoms with Crippen LogP contribution in [0.3, 0.4) is 0 Å². The number of hydrogen-bond donors (Lipinski definition) is 0. The highest BCUT2D eigenvalue weighted by Gasteiger charge is 2.33. The summed E-state index contributed by atoms with van der Waals surface area (Å²) in [6, 6.07) is 12.1. The monoisotopic (exact) mass is 584 g/mol. The van der Waals surface area contributed by atoms with Gasteiger partial charge in [0.25, 0.3) is 0 Å². The SMILES string of the molecule is Cc1ccsc1CN(Cc1ccc(F)cc1)C(=O)CN(C[C@@H]1CCCO1)S(=O)(=O)c1cc(Cl)ccc1Cl. The van der Waals surface area contributed by atoms with Crippen LogP contribution in [0.25, 0.3) is 0 Å². The van der Waals surface area contributed by atoms with Gasteiger partial charge in [0.05, 0.1) is 24.2 Å². The van der Waals surface area contributed by atoms with Gasteiger partial charge in [-0.1, -0.05) is 35.3 Å². The number of ether oxygens (including phenoxy) is 1. The van der Waals surface area contributed by atoms with E-state index in [1.54, 1.807) is 17.0 Å². The number of aryl methyl sites for hydroxylation is 1. The van der Waals surface area contributed by atoms with Crippen LogP contribution in [0.4, 0.5) is 4.39 Å². The number of hydrogen-bond acceptors (Lipinski definition) is 5. The van der Waals surface area contributed by atoms with Crippen molar-refractivity contribution in [3.8, 4) is 0 Å². The van der Waals surface area contributed by atoms with E-state index in [1.165, 1.54) is 41.7 Å². The Balaban J connectivity index is 1.64. The molecule has 1 saturated heterocycles. The van der Waals surface area contributed by atoms with Crippen LogP contribution >= 0.6 is 34.5 Å². The highest BCUT2D eigenvalue weighted by molar-refractivity contribution is 7.89. The van der Waals surface area contributed by atoms with E-state index in [9.17, 15) is 17.6 Å². The molecule has 1 atom stereocenters. The highest BCUT2D eigenvalue weighted by atomic mass is 35.5. The quantitative estimate of drug-likeness (QED) is 0.297. The van der Waals surface area contributed by atoms with Crippen LogP contribution in [0.15, 0.2) is 58.8 Å². The van der Waals surface area contributed by atoms with Crippen LogP contribution in [-0.2, 0) is 32.6 Å². The number of thiophene rings is 1. The van der Waals surface area contributed by atoms with E-state index < -0.39 is 22.5 Å². The van der Waals surface area contributed by atoms with Crippen LogP contribution in [0.1, 0.15) is 28.8 Å². The van der Waals surface area contributed by atoms with E-state index in [4.69, 9.17) is 27.9 Å². The zero-order valence-corrected chi connectivity index (χ0v) is 23.3. The van der Waals surface area contributed by atoms with Crippen molar-refractivity contribution in [3.63, 3.8) is 0 Å². The van der Waals surface area contributed by atoms with E-state index in [-0.39, 0.29) is 40.0 Å². The Kier molecular flexibility index (Phi) is 9.26. The lowest BCUT2D eigenvalue weighted by Gasteiger charge is -2.29. The first-order valence-corrected chi connectivity index (χ1v) is 14.8. The molecule has 37 heavy (non-hydrogen) atoms. The molecule has 198 valence electrons. The Hall–Kier alpha value is -2.01. The van der Waals surface area contributed by atoms with Gasteiger partial charge < -0.3 is 9.64 Å². The largest absolute Gasteiger partial charge is 0.377 e. The molecule has 0 radical (unpaired) electrons. The van der Waals surface area contributed by atoms with Crippen molar-refractivity contribution in [1.82, 2.24) is 9.21 Å². The van der Waals surface area contributed by atoms with Gasteiger partial charge in [-0.3, -0.25) is 4.79 Å². The van der Waals surface area contributed by atoms with E-state index >= 15 is 0 Å². The molecule has 0 unspecified atom stereocenters. The Morgan fingerprint density at radius 2 is 1.89 bits per heavy atom. The Morgan fingerprint density at radius 3 is 2.54 bits per heavy atom. The summed E-state index contributed by atoms with van der Waals surface area (Å²) in [5.74, 6) is -0.764. The Labute approximate surface area is 230 Å². The molecule has 6 nitrogen and oxygen atoms in total. The molecule has 4 rings (SSSR count). The smallest absolute Gasteiger partial charge is 0.245 e. The molecule has 1 amide bonds. The first kappa shape index (κ1) is 28.0. The molecule has 2 aromatic carbocycles. The summed E-state index contributed by atoms with van der Waals surface area (Å²) in [6.45, 7) is 2.60. The van der Waals surface area contributed by atoms with Gasteiger partial charge in [-0.05, 0) is 72.7 Å². The fraction of sp³-hybridized carbons (Fsp3) is 0.346. The number of nitrogens with zero attached hydrogens (tertiary/aromatic N) is 2. The van der Waals surface area contributed by atoms with Crippen LogP contribution in [0.2, 0.25) is 10.0 Å². The second-order valence-electron chi connectivity index (χ2n) is 8.91. The van der Waals surface area contributed by atoms with Crippen molar-refractivity contribution in [2.75, 3.05) is 19.7 Å². The van der Waals surface area contributed by atoms with Gasteiger partial charge in [0.2, 0.25) is 15.9 Å². The summed E-state index contributed by atoms with van der Waals surface area (Å²) in [7, 11) is -4.18. The summed E-state index contributed by atoms with van der Waals surface area (Å²) in [4.78, 5) is 16.1. The minimum absolute atomic E-state index is 0.0132. The van der Waals surface area contributed by atoms with E-state index in [1.807, 2.05) is 18.4 Å². The van der Waals surface area contributed by atoms with Crippen LogP contribution in [0, 0.1) is 12.7 Å². The van der Waals surface area contributed by atoms with Crippen molar-refractivity contribution in [1.29, 1.82) is 0 Å². The minimum atomic E-state index is -4.18. The number of sulfonamides is 1. The van der Waals surface area contributed by atoms with Gasteiger partial charge in [0, 0.05) is 29.6 Å². The topological polar surface area (TPSA) is 66.9 Å². The van der Waals surface area contributed by atoms with Gasteiger partial charge in [0.1, 0.15) is 10.7 Å². The number of carbonyl (C=O) groups excluding carboxylic acids is 1. The fourth-order valence-corrected chi connectivity index (χ4v) is 7.19. The highest BCUT2D eigenvalue weighted by Crippen LogP contribution is 2.29. The minimum Gasteiger partial charge on any atom is -0.377 e. The van der Waals surface area contributed by atoms with Gasteiger partial charge >= 0.3 is 0 Å². The van der Waals surface area contributed by atoms with Gasteiger partial charge in [-0.15, -0.1) is 11.3 Å². The second-order valence-corrected chi connectivity index (χ2v) is 12.7. The number of halogens is 3. The first-order valence-electron chi connectivity index (χ1n) is 11.8. The molecule has 0 N–H and O–H groups in total. The summed E-state index contributed by atoms with van der Waals surface area (Å²) in [5.41, 5.74) is 1.77. The number of carbonyl (C=O) groups is 1. The third kappa shape index (κ3) is 7.10. The van der Waals surface area contributed by atoms with E-state index in [0.29, 0.717) is 19.6 Å². The average molecular weight is 586 g/mol. The van der Waals surface area contributed by atoms with Crippen molar-refractivity contribution >= 4 is 50.5 Å². The maximum Gasteiger partial charge on any atom is 0.245 e. The molecule has 1 aromatic heterocycles. The number of amides is 1. The van der Waals surface area contributed by atoms with Crippen LogP contribution in [0.5, 0.6) is 0 Å². The standard InChI is InChI=1S/C26H27Cl2FN2O4S2/c1-18-10-12-36-24(18)16-30(14-19-4-7-21(29)8-5-19)26(32)17-31(15-22-3-2-11-35-22)37(33,34)25-13-20(27)6-9-23(25)28/h4-10,12-13,22H,2-3,11,14-17H2,1H3/t22-/m0/s1. The predicted molar refractivity (Wildman–Crippen MR) is 144 cm³/mol. The maximum absolute atomic E-state index is 13.7. The molecule has 1 aliphatic heterocycles. The molecule has 0 saturated carbocycles. The number of benzene rings is 2. The summed E-state index contributed by atoms with van der Waals surface area (Å²) in [5, 5.41) is 2.18. The lowest BCUT2D eigenvalue weighted by atomic mass is 10.2. The molecule has 1 aliphatic rings. The molecule has 0 bridgehead atoms. The van der Waals surface area contributed by atoms with E-state index in [0.717, 1.165) is 26.7 Å². The average Bonchev–Trinajstić information content (AvgIpc) is 3.52. The van der Waals surface area contributed by atoms with Crippen molar-refractivity contribution in [2.24, 2.45) is 0 Å². The maximum atomic E-state index is 13.7. The second kappa shape index (κ2) is 12.2. The lowest BCUT2D eigenvalue weighted by Crippen LogP contribution is -2.45. The van der Waals surface area contributed by atoms with Crippen molar-refractivity contribution in [3.05, 3.63) is 85.8 Å². The molecule has 0 aliphatic carbocycles. The van der Waals surface area contributed by atoms with Crippen LogP contribution in [-0.4, -0.2) is 49.3 Å². The third-order valence-corrected chi connectivity index (χ3v) is 9.73. The van der Waals surface area contributed by atoms with Gasteiger partial charge in [-0.2, -0.15) is 4.31 Å². The molecule has 11 heteroatoms. The van der Waals surface area contributed by atoms with Crippen molar-refractivity contribution in [2.45, 2.75) is 43.9 Å². The lowest BCUT2D eigenvalue weighted by molar-refractivity contribution is -0.132. The molecular weight excluding hydrogens is 558 g/mol. The first-order chi connectivity index (χ1) is 17.6. The van der Waals surface area contributed by atoms with Gasteiger partial charge in [-0.25, -0.2) is 12.8 Å². The summed E-state index contributed by atoms with van der Waals surface area (Å²) < 4.78 is 47.8. The molecular formula is C26H27Cl2FN2O4S2. The third-order valence-electron chi connectivity index (χ3n) is 6.20. The van der Waals surface area contributed by atoms with E-state index in [2.05, 4.69) is 0 Å². The zero-order chi connectivity index (χ0) is 26.6. The number of rotatable bonds is 10. The normalized spacial score (nSPS) is 15.9. The predicted octanol–water partition coefficient (Wildman–Crippen LogP) is 5.90. The van der Waals surface area contributed by atoms with Crippen LogP contribution < -0.4 is 0 Å². The molecule has 1 fully saturated rings. The Morgan fingerprint density at radius 1 is 1.14 bits per heavy atom. The zero-order valence-electron chi connectivity index (χ0n) is 20.2. The Bertz CT molecular complexity index is 1340.